The second kappa shape index (κ2) is 14.5. The lowest BCUT2D eigenvalue weighted by molar-refractivity contribution is -0.137. The van der Waals surface area contributed by atoms with E-state index in [1.54, 1.807) is 84.7 Å². The number of amides is 4. The molecular formula is C34H34N4O5. The van der Waals surface area contributed by atoms with Gasteiger partial charge in [-0.1, -0.05) is 60.7 Å². The fourth-order valence-corrected chi connectivity index (χ4v) is 4.57. The van der Waals surface area contributed by atoms with Crippen LogP contribution in [0, 0.1) is 6.92 Å². The van der Waals surface area contributed by atoms with Gasteiger partial charge in [-0.15, -0.1) is 0 Å². The first kappa shape index (κ1) is 30.5. The van der Waals surface area contributed by atoms with Crippen molar-refractivity contribution in [3.8, 4) is 0 Å². The van der Waals surface area contributed by atoms with Gasteiger partial charge >= 0.3 is 12.0 Å². The van der Waals surface area contributed by atoms with Crippen LogP contribution in [0.25, 0.3) is 0 Å². The Kier molecular flexibility index (Phi) is 10.3. The number of nitrogens with zero attached hydrogens (tertiary/aromatic N) is 1. The van der Waals surface area contributed by atoms with Gasteiger partial charge < -0.3 is 21.1 Å². The van der Waals surface area contributed by atoms with Gasteiger partial charge in [-0.3, -0.25) is 19.3 Å². The van der Waals surface area contributed by atoms with Gasteiger partial charge in [0.25, 0.3) is 5.91 Å². The van der Waals surface area contributed by atoms with E-state index in [2.05, 4.69) is 16.0 Å². The van der Waals surface area contributed by atoms with Gasteiger partial charge in [0.15, 0.2) is 0 Å². The maximum atomic E-state index is 12.7. The first-order valence-corrected chi connectivity index (χ1v) is 13.9. The Balaban J connectivity index is 1.32. The van der Waals surface area contributed by atoms with E-state index >= 15 is 0 Å². The summed E-state index contributed by atoms with van der Waals surface area (Å²) in [6, 6.07) is 29.6. The Morgan fingerprint density at radius 1 is 0.767 bits per heavy atom. The Morgan fingerprint density at radius 2 is 1.37 bits per heavy atom. The summed E-state index contributed by atoms with van der Waals surface area (Å²) < 4.78 is 0. The summed E-state index contributed by atoms with van der Waals surface area (Å²) >= 11 is 0. The number of carbonyl (C=O) groups excluding carboxylic acids is 3. The monoisotopic (exact) mass is 578 g/mol. The highest BCUT2D eigenvalue weighted by Gasteiger charge is 2.18. The van der Waals surface area contributed by atoms with Crippen molar-refractivity contribution in [1.29, 1.82) is 0 Å². The molecular weight excluding hydrogens is 544 g/mol. The highest BCUT2D eigenvalue weighted by Crippen LogP contribution is 2.23. The smallest absolute Gasteiger partial charge is 0.326 e. The molecule has 0 radical (unpaired) electrons. The Labute approximate surface area is 250 Å². The van der Waals surface area contributed by atoms with Crippen LogP contribution in [-0.2, 0) is 16.0 Å². The van der Waals surface area contributed by atoms with E-state index in [9.17, 15) is 24.3 Å². The van der Waals surface area contributed by atoms with Crippen LogP contribution in [0.5, 0.6) is 0 Å². The fourth-order valence-electron chi connectivity index (χ4n) is 4.57. The number of rotatable bonds is 11. The summed E-state index contributed by atoms with van der Waals surface area (Å²) in [7, 11) is 1.71. The maximum Gasteiger partial charge on any atom is 0.326 e. The fraction of sp³-hybridized carbons (Fsp3) is 0.176. The molecule has 0 spiro atoms. The molecule has 0 heterocycles. The minimum atomic E-state index is -0.951. The largest absolute Gasteiger partial charge is 0.481 e. The molecule has 4 aromatic rings. The number of hydrogen-bond donors (Lipinski definition) is 4. The van der Waals surface area contributed by atoms with Crippen LogP contribution < -0.4 is 20.9 Å². The second-order valence-electron chi connectivity index (χ2n) is 10.1. The third-order valence-corrected chi connectivity index (χ3v) is 6.94. The number of nitrogens with one attached hydrogen (secondary N) is 3. The lowest BCUT2D eigenvalue weighted by atomic mass is 10.0. The van der Waals surface area contributed by atoms with Gasteiger partial charge in [-0.2, -0.15) is 0 Å². The van der Waals surface area contributed by atoms with E-state index in [0.29, 0.717) is 16.9 Å². The number of carbonyl (C=O) groups is 4. The minimum absolute atomic E-state index is 0.107. The normalized spacial score (nSPS) is 11.2. The number of aryl methyl sites for hydroxylation is 1. The first-order valence-electron chi connectivity index (χ1n) is 13.9. The van der Waals surface area contributed by atoms with E-state index < -0.39 is 12.0 Å². The maximum absolute atomic E-state index is 12.7. The predicted octanol–water partition coefficient (Wildman–Crippen LogP) is 6.18. The predicted molar refractivity (Wildman–Crippen MR) is 167 cm³/mol. The third-order valence-electron chi connectivity index (χ3n) is 6.94. The number of anilines is 3. The summed E-state index contributed by atoms with van der Waals surface area (Å²) in [5.41, 5.74) is 4.98. The molecule has 220 valence electrons. The van der Waals surface area contributed by atoms with Gasteiger partial charge in [0.1, 0.15) is 0 Å². The number of hydrogen-bond acceptors (Lipinski definition) is 4. The van der Waals surface area contributed by atoms with Crippen molar-refractivity contribution in [1.82, 2.24) is 5.32 Å². The van der Waals surface area contributed by atoms with Crippen LogP contribution in [0.15, 0.2) is 103 Å². The van der Waals surface area contributed by atoms with Crippen LogP contribution in [-0.4, -0.2) is 36.0 Å². The molecule has 0 aliphatic heterocycles. The van der Waals surface area contributed by atoms with E-state index in [1.807, 2.05) is 37.3 Å². The van der Waals surface area contributed by atoms with E-state index in [0.717, 1.165) is 22.4 Å². The third kappa shape index (κ3) is 8.77. The van der Waals surface area contributed by atoms with E-state index in [4.69, 9.17) is 0 Å². The summed E-state index contributed by atoms with van der Waals surface area (Å²) in [5, 5.41) is 17.8. The molecule has 0 saturated heterocycles. The number of aliphatic carboxylic acids is 1. The lowest BCUT2D eigenvalue weighted by Gasteiger charge is -2.20. The van der Waals surface area contributed by atoms with Crippen LogP contribution in [0.4, 0.5) is 21.9 Å². The van der Waals surface area contributed by atoms with Crippen molar-refractivity contribution in [2.75, 3.05) is 22.6 Å². The summed E-state index contributed by atoms with van der Waals surface area (Å²) in [6.45, 7) is 1.94. The van der Waals surface area contributed by atoms with E-state index in [1.165, 1.54) is 0 Å². The highest BCUT2D eigenvalue weighted by molar-refractivity contribution is 6.02. The average molecular weight is 579 g/mol. The quantitative estimate of drug-likeness (QED) is 0.169. The molecule has 0 aromatic heterocycles. The van der Waals surface area contributed by atoms with Crippen molar-refractivity contribution in [3.05, 3.63) is 125 Å². The first-order chi connectivity index (χ1) is 20.7. The molecule has 4 aromatic carbocycles. The van der Waals surface area contributed by atoms with Gasteiger partial charge in [0, 0.05) is 36.1 Å². The van der Waals surface area contributed by atoms with Crippen LogP contribution in [0.2, 0.25) is 0 Å². The minimum Gasteiger partial charge on any atom is -0.481 e. The van der Waals surface area contributed by atoms with Crippen molar-refractivity contribution in [3.63, 3.8) is 0 Å². The van der Waals surface area contributed by atoms with Gasteiger partial charge in [0.05, 0.1) is 12.5 Å². The SMILES string of the molecule is Cc1ccccc1N(C)C(=O)Nc1ccc(CC(=O)Nc2ccc(C(CCC(=O)O)NC(=O)c3ccccc3)cc2)cc1. The van der Waals surface area contributed by atoms with Gasteiger partial charge in [-0.05, 0) is 72.5 Å². The molecule has 9 nitrogen and oxygen atoms in total. The van der Waals surface area contributed by atoms with Gasteiger partial charge in [-0.25, -0.2) is 4.79 Å². The Hall–Kier alpha value is -5.44. The number of urea groups is 1. The van der Waals surface area contributed by atoms with Crippen molar-refractivity contribution >= 4 is 40.9 Å². The van der Waals surface area contributed by atoms with Crippen LogP contribution in [0.3, 0.4) is 0 Å². The standard InChI is InChI=1S/C34H34N4O5/c1-23-8-6-7-11-30(23)38(2)34(43)36-28-16-12-24(13-17-28)22-31(39)35-27-18-14-25(15-19-27)29(20-21-32(40)41)37-33(42)26-9-4-3-5-10-26/h3-19,29H,20-22H2,1-2H3,(H,35,39)(H,36,43)(H,37,42)(H,40,41). The summed E-state index contributed by atoms with van der Waals surface area (Å²) in [5.74, 6) is -1.46. The number of carboxylic acid groups (broad SMARTS) is 1. The lowest BCUT2D eigenvalue weighted by Crippen LogP contribution is -2.31. The molecule has 1 atom stereocenters. The second-order valence-corrected chi connectivity index (χ2v) is 10.1. The molecule has 43 heavy (non-hydrogen) atoms. The molecule has 0 aliphatic rings. The van der Waals surface area contributed by atoms with Crippen molar-refractivity contribution in [2.24, 2.45) is 0 Å². The zero-order valence-electron chi connectivity index (χ0n) is 24.0. The molecule has 0 fully saturated rings. The number of para-hydroxylation sites is 1. The highest BCUT2D eigenvalue weighted by atomic mass is 16.4. The van der Waals surface area contributed by atoms with Gasteiger partial charge in [0.2, 0.25) is 5.91 Å². The molecule has 4 rings (SSSR count). The molecule has 4 amide bonds. The zero-order chi connectivity index (χ0) is 30.8. The zero-order valence-corrected chi connectivity index (χ0v) is 24.0. The van der Waals surface area contributed by atoms with E-state index in [-0.39, 0.29) is 37.1 Å². The summed E-state index contributed by atoms with van der Waals surface area (Å²) in [6.07, 6.45) is 0.246. The molecule has 0 bridgehead atoms. The molecule has 0 saturated carbocycles. The molecule has 1 unspecified atom stereocenters. The van der Waals surface area contributed by atoms with Crippen LogP contribution >= 0.6 is 0 Å². The average Bonchev–Trinajstić information content (AvgIpc) is 3.00. The summed E-state index contributed by atoms with van der Waals surface area (Å²) in [4.78, 5) is 50.8. The number of carboxylic acids is 1. The number of benzene rings is 4. The molecule has 9 heteroatoms. The molecule has 4 N–H and O–H groups in total. The van der Waals surface area contributed by atoms with Crippen molar-refractivity contribution < 1.29 is 24.3 Å². The topological polar surface area (TPSA) is 128 Å². The van der Waals surface area contributed by atoms with Crippen LogP contribution in [0.1, 0.15) is 45.9 Å². The molecule has 0 aliphatic carbocycles. The Morgan fingerprint density at radius 3 is 2.02 bits per heavy atom. The Bertz CT molecular complexity index is 1570. The van der Waals surface area contributed by atoms with Crippen molar-refractivity contribution in [2.45, 2.75) is 32.2 Å².